The Labute approximate surface area is 166 Å². The Balaban J connectivity index is 1.89. The molecular formula is C20H30ClN3O3. The van der Waals surface area contributed by atoms with Gasteiger partial charge in [-0.1, -0.05) is 29.8 Å². The summed E-state index contributed by atoms with van der Waals surface area (Å²) in [5.41, 5.74) is 0.675. The van der Waals surface area contributed by atoms with E-state index in [-0.39, 0.29) is 24.5 Å². The number of rotatable bonds is 7. The number of guanidine groups is 1. The molecule has 1 atom stereocenters. The maximum Gasteiger partial charge on any atom is 0.308 e. The standard InChI is InChI=1S/C20H30ClN3O3/c1-3-22-20(23-13-18(25)16-7-5-6-8-17(16)21)24-15-11-9-14(10-12-15)19(26)27-4-2/h5-8,14-15,18,25H,3-4,9-13H2,1-2H3,(H2,22,23,24). The van der Waals surface area contributed by atoms with Crippen LogP contribution in [0, 0.1) is 5.92 Å². The van der Waals surface area contributed by atoms with Crippen molar-refractivity contribution in [3.05, 3.63) is 34.9 Å². The topological polar surface area (TPSA) is 83.0 Å². The van der Waals surface area contributed by atoms with E-state index < -0.39 is 6.10 Å². The second-order valence-corrected chi connectivity index (χ2v) is 7.11. The summed E-state index contributed by atoms with van der Waals surface area (Å²) in [6.07, 6.45) is 2.66. The van der Waals surface area contributed by atoms with Gasteiger partial charge in [-0.15, -0.1) is 0 Å². The Morgan fingerprint density at radius 3 is 2.63 bits per heavy atom. The Morgan fingerprint density at radius 1 is 1.30 bits per heavy atom. The van der Waals surface area contributed by atoms with Crippen molar-refractivity contribution in [3.63, 3.8) is 0 Å². The smallest absolute Gasteiger partial charge is 0.308 e. The molecule has 0 radical (unpaired) electrons. The van der Waals surface area contributed by atoms with Crippen LogP contribution in [0.15, 0.2) is 29.3 Å². The molecule has 150 valence electrons. The minimum absolute atomic E-state index is 0.00423. The Kier molecular flexibility index (Phi) is 8.88. The summed E-state index contributed by atoms with van der Waals surface area (Å²) in [4.78, 5) is 16.4. The molecular weight excluding hydrogens is 366 g/mol. The molecule has 0 saturated heterocycles. The number of halogens is 1. The van der Waals surface area contributed by atoms with E-state index in [1.807, 2.05) is 26.0 Å². The van der Waals surface area contributed by atoms with Crippen molar-refractivity contribution in [1.29, 1.82) is 0 Å². The summed E-state index contributed by atoms with van der Waals surface area (Å²) in [6, 6.07) is 7.50. The molecule has 1 unspecified atom stereocenters. The minimum Gasteiger partial charge on any atom is -0.466 e. The van der Waals surface area contributed by atoms with Gasteiger partial charge in [0.05, 0.1) is 19.1 Å². The summed E-state index contributed by atoms with van der Waals surface area (Å²) in [5, 5.41) is 17.5. The predicted molar refractivity (Wildman–Crippen MR) is 108 cm³/mol. The van der Waals surface area contributed by atoms with E-state index in [9.17, 15) is 9.90 Å². The van der Waals surface area contributed by atoms with E-state index in [0.717, 1.165) is 32.2 Å². The Hall–Kier alpha value is -1.79. The van der Waals surface area contributed by atoms with E-state index in [0.29, 0.717) is 23.2 Å². The summed E-state index contributed by atoms with van der Waals surface area (Å²) in [6.45, 7) is 5.21. The number of ether oxygens (including phenoxy) is 1. The van der Waals surface area contributed by atoms with Gasteiger partial charge < -0.3 is 20.5 Å². The fraction of sp³-hybridized carbons (Fsp3) is 0.600. The van der Waals surface area contributed by atoms with Crippen LogP contribution in [0.4, 0.5) is 0 Å². The molecule has 7 heteroatoms. The van der Waals surface area contributed by atoms with Crippen molar-refractivity contribution in [2.24, 2.45) is 10.9 Å². The van der Waals surface area contributed by atoms with E-state index in [1.165, 1.54) is 0 Å². The molecule has 0 aliphatic heterocycles. The number of nitrogens with one attached hydrogen (secondary N) is 2. The van der Waals surface area contributed by atoms with Crippen LogP contribution in [0.1, 0.15) is 51.2 Å². The summed E-state index contributed by atoms with van der Waals surface area (Å²) in [7, 11) is 0. The third kappa shape index (κ3) is 6.70. The van der Waals surface area contributed by atoms with Gasteiger partial charge in [-0.3, -0.25) is 9.79 Å². The van der Waals surface area contributed by atoms with Crippen molar-refractivity contribution in [1.82, 2.24) is 10.6 Å². The number of carbonyl (C=O) groups is 1. The largest absolute Gasteiger partial charge is 0.466 e. The highest BCUT2D eigenvalue weighted by Gasteiger charge is 2.27. The third-order valence-electron chi connectivity index (χ3n) is 4.72. The number of nitrogens with zero attached hydrogens (tertiary/aromatic N) is 1. The van der Waals surface area contributed by atoms with Crippen molar-refractivity contribution < 1.29 is 14.6 Å². The Bertz CT molecular complexity index is 631. The van der Waals surface area contributed by atoms with Crippen LogP contribution in [0.5, 0.6) is 0 Å². The fourth-order valence-electron chi connectivity index (χ4n) is 3.27. The highest BCUT2D eigenvalue weighted by molar-refractivity contribution is 6.31. The van der Waals surface area contributed by atoms with Crippen LogP contribution in [-0.2, 0) is 9.53 Å². The van der Waals surface area contributed by atoms with Gasteiger partial charge in [0.2, 0.25) is 0 Å². The molecule has 1 aromatic carbocycles. The van der Waals surface area contributed by atoms with Crippen molar-refractivity contribution in [2.75, 3.05) is 19.7 Å². The fourth-order valence-corrected chi connectivity index (χ4v) is 3.53. The molecule has 1 saturated carbocycles. The highest BCUT2D eigenvalue weighted by atomic mass is 35.5. The van der Waals surface area contributed by atoms with E-state index in [2.05, 4.69) is 15.6 Å². The lowest BCUT2D eigenvalue weighted by Crippen LogP contribution is -2.45. The molecule has 0 bridgehead atoms. The van der Waals surface area contributed by atoms with Gasteiger partial charge in [0, 0.05) is 23.2 Å². The lowest BCUT2D eigenvalue weighted by molar-refractivity contribution is -0.149. The van der Waals surface area contributed by atoms with Gasteiger partial charge in [-0.2, -0.15) is 0 Å². The molecule has 3 N–H and O–H groups in total. The number of hydrogen-bond acceptors (Lipinski definition) is 4. The molecule has 0 aromatic heterocycles. The first-order valence-electron chi connectivity index (χ1n) is 9.69. The van der Waals surface area contributed by atoms with Gasteiger partial charge in [-0.05, 0) is 45.6 Å². The second-order valence-electron chi connectivity index (χ2n) is 6.70. The van der Waals surface area contributed by atoms with Crippen LogP contribution in [0.2, 0.25) is 5.02 Å². The SMILES string of the molecule is CCNC(=NCC(O)c1ccccc1Cl)NC1CCC(C(=O)OCC)CC1. The molecule has 27 heavy (non-hydrogen) atoms. The van der Waals surface area contributed by atoms with E-state index in [1.54, 1.807) is 12.1 Å². The number of esters is 1. The highest BCUT2D eigenvalue weighted by Crippen LogP contribution is 2.25. The molecule has 0 spiro atoms. The average molecular weight is 396 g/mol. The van der Waals surface area contributed by atoms with Gasteiger partial charge in [-0.25, -0.2) is 0 Å². The average Bonchev–Trinajstić information content (AvgIpc) is 2.67. The maximum atomic E-state index is 11.9. The molecule has 0 heterocycles. The predicted octanol–water partition coefficient (Wildman–Crippen LogP) is 3.05. The van der Waals surface area contributed by atoms with Crippen LogP contribution >= 0.6 is 11.6 Å². The third-order valence-corrected chi connectivity index (χ3v) is 5.06. The van der Waals surface area contributed by atoms with Crippen LogP contribution < -0.4 is 10.6 Å². The number of aliphatic imine (C=N–C) groups is 1. The van der Waals surface area contributed by atoms with E-state index >= 15 is 0 Å². The van der Waals surface area contributed by atoms with Crippen molar-refractivity contribution in [2.45, 2.75) is 51.7 Å². The zero-order chi connectivity index (χ0) is 19.6. The number of aliphatic hydroxyl groups excluding tert-OH is 1. The molecule has 6 nitrogen and oxygen atoms in total. The lowest BCUT2D eigenvalue weighted by Gasteiger charge is -2.29. The molecule has 1 fully saturated rings. The van der Waals surface area contributed by atoms with Crippen LogP contribution in [0.3, 0.4) is 0 Å². The number of aliphatic hydroxyl groups is 1. The van der Waals surface area contributed by atoms with Gasteiger partial charge in [0.15, 0.2) is 5.96 Å². The summed E-state index contributed by atoms with van der Waals surface area (Å²) in [5.74, 6) is 0.590. The summed E-state index contributed by atoms with van der Waals surface area (Å²) < 4.78 is 5.12. The maximum absolute atomic E-state index is 11.9. The number of benzene rings is 1. The second kappa shape index (κ2) is 11.1. The lowest BCUT2D eigenvalue weighted by atomic mass is 9.86. The molecule has 1 aromatic rings. The monoisotopic (exact) mass is 395 g/mol. The molecule has 2 rings (SSSR count). The van der Waals surface area contributed by atoms with Crippen LogP contribution in [0.25, 0.3) is 0 Å². The van der Waals surface area contributed by atoms with Gasteiger partial charge >= 0.3 is 5.97 Å². The molecule has 1 aliphatic rings. The number of carbonyl (C=O) groups excluding carboxylic acids is 1. The first kappa shape index (κ1) is 21.5. The quantitative estimate of drug-likeness (QED) is 0.375. The van der Waals surface area contributed by atoms with Gasteiger partial charge in [0.25, 0.3) is 0 Å². The minimum atomic E-state index is -0.756. The molecule has 0 amide bonds. The normalized spacial score (nSPS) is 21.4. The zero-order valence-electron chi connectivity index (χ0n) is 16.1. The summed E-state index contributed by atoms with van der Waals surface area (Å²) >= 11 is 6.14. The van der Waals surface area contributed by atoms with E-state index in [4.69, 9.17) is 16.3 Å². The molecule has 1 aliphatic carbocycles. The number of hydrogen-bond donors (Lipinski definition) is 3. The first-order valence-corrected chi connectivity index (χ1v) is 10.1. The first-order chi connectivity index (χ1) is 13.0. The zero-order valence-corrected chi connectivity index (χ0v) is 16.8. The van der Waals surface area contributed by atoms with Gasteiger partial charge in [0.1, 0.15) is 6.10 Å². The van der Waals surface area contributed by atoms with Crippen molar-refractivity contribution in [3.8, 4) is 0 Å². The van der Waals surface area contributed by atoms with Crippen molar-refractivity contribution >= 4 is 23.5 Å². The van der Waals surface area contributed by atoms with Crippen LogP contribution in [-0.4, -0.2) is 42.8 Å². The Morgan fingerprint density at radius 2 is 2.00 bits per heavy atom.